The fourth-order valence-corrected chi connectivity index (χ4v) is 6.28. The molecule has 1 N–H and O–H groups in total. The van der Waals surface area contributed by atoms with Gasteiger partial charge in [0.1, 0.15) is 0 Å². The Hall–Kier alpha value is -2.78. The Kier molecular flexibility index (Phi) is 7.47. The summed E-state index contributed by atoms with van der Waals surface area (Å²) in [5, 5.41) is 0. The fourth-order valence-electron chi connectivity index (χ4n) is 4.55. The summed E-state index contributed by atoms with van der Waals surface area (Å²) in [6.07, 6.45) is 1.44. The first-order valence-electron chi connectivity index (χ1n) is 11.4. The maximum atomic E-state index is 13.2. The van der Waals surface area contributed by atoms with Crippen LogP contribution >= 0.6 is 0 Å². The lowest BCUT2D eigenvalue weighted by atomic mass is 10.0. The number of Topliss-reactive ketones (excluding diaryl/α,β-unsaturated/α-hetero) is 2. The first kappa shape index (κ1) is 25.8. The van der Waals surface area contributed by atoms with Gasteiger partial charge in [0, 0.05) is 23.8 Å². The van der Waals surface area contributed by atoms with Gasteiger partial charge >= 0.3 is 5.97 Å². The van der Waals surface area contributed by atoms with Crippen molar-refractivity contribution in [3.63, 3.8) is 0 Å². The lowest BCUT2D eigenvalue weighted by Crippen LogP contribution is -2.42. The smallest absolute Gasteiger partial charge is 0.339 e. The van der Waals surface area contributed by atoms with Gasteiger partial charge in [-0.15, -0.1) is 0 Å². The number of aromatic nitrogens is 1. The molecule has 1 aromatic carbocycles. The van der Waals surface area contributed by atoms with E-state index in [0.29, 0.717) is 28.9 Å². The van der Waals surface area contributed by atoms with Crippen LogP contribution in [-0.2, 0) is 14.8 Å². The molecule has 3 rings (SSSR count). The molecule has 2 aromatic rings. The highest BCUT2D eigenvalue weighted by Gasteiger charge is 2.32. The summed E-state index contributed by atoms with van der Waals surface area (Å²) in [6, 6.07) is 4.28. The van der Waals surface area contributed by atoms with E-state index >= 15 is 0 Å². The molecular formula is C25H32N2O6S. The summed E-state index contributed by atoms with van der Waals surface area (Å²) in [7, 11) is -3.77. The molecule has 34 heavy (non-hydrogen) atoms. The van der Waals surface area contributed by atoms with E-state index in [1.807, 2.05) is 6.92 Å². The third-order valence-corrected chi connectivity index (χ3v) is 8.48. The highest BCUT2D eigenvalue weighted by atomic mass is 32.2. The largest absolute Gasteiger partial charge is 0.451 e. The SMILES string of the molecule is CC(=O)c1c(C)[nH]c(C(=O)C(C)OC(=O)c2cc(S(=O)(=O)N3CCCCC3C)ccc2C)c1C. The van der Waals surface area contributed by atoms with Crippen molar-refractivity contribution in [3.05, 3.63) is 51.8 Å². The second-order valence-corrected chi connectivity index (χ2v) is 10.9. The number of H-pyrrole nitrogens is 1. The molecule has 0 aliphatic carbocycles. The van der Waals surface area contributed by atoms with Gasteiger partial charge < -0.3 is 9.72 Å². The molecule has 1 fully saturated rings. The molecule has 2 unspecified atom stereocenters. The number of carbonyl (C=O) groups excluding carboxylic acids is 3. The number of sulfonamides is 1. The number of nitrogens with zero attached hydrogens (tertiary/aromatic N) is 1. The first-order chi connectivity index (χ1) is 15.9. The Labute approximate surface area is 200 Å². The van der Waals surface area contributed by atoms with Gasteiger partial charge in [-0.2, -0.15) is 4.31 Å². The molecule has 0 bridgehead atoms. The lowest BCUT2D eigenvalue weighted by molar-refractivity contribution is 0.0316. The molecule has 0 spiro atoms. The second kappa shape index (κ2) is 9.84. The molecule has 8 nitrogen and oxygen atoms in total. The summed E-state index contributed by atoms with van der Waals surface area (Å²) in [4.78, 5) is 40.7. The number of aryl methyl sites for hydroxylation is 2. The molecule has 184 valence electrons. The molecule has 0 saturated carbocycles. The van der Waals surface area contributed by atoms with Crippen molar-refractivity contribution < 1.29 is 27.5 Å². The monoisotopic (exact) mass is 488 g/mol. The molecule has 0 amide bonds. The van der Waals surface area contributed by atoms with E-state index in [0.717, 1.165) is 19.3 Å². The van der Waals surface area contributed by atoms with Crippen molar-refractivity contribution in [2.75, 3.05) is 6.54 Å². The van der Waals surface area contributed by atoms with Crippen LogP contribution in [-0.4, -0.2) is 53.9 Å². The van der Waals surface area contributed by atoms with Crippen molar-refractivity contribution in [1.82, 2.24) is 9.29 Å². The molecule has 1 saturated heterocycles. The molecule has 0 radical (unpaired) electrons. The Balaban J connectivity index is 1.84. The topological polar surface area (TPSA) is 114 Å². The highest BCUT2D eigenvalue weighted by molar-refractivity contribution is 7.89. The number of carbonyl (C=O) groups is 3. The van der Waals surface area contributed by atoms with Crippen molar-refractivity contribution in [3.8, 4) is 0 Å². The molecule has 1 aliphatic rings. The Morgan fingerprint density at radius 3 is 2.41 bits per heavy atom. The maximum absolute atomic E-state index is 13.2. The predicted molar refractivity (Wildman–Crippen MR) is 128 cm³/mol. The Bertz CT molecular complexity index is 1240. The summed E-state index contributed by atoms with van der Waals surface area (Å²) >= 11 is 0. The van der Waals surface area contributed by atoms with Gasteiger partial charge in [0.25, 0.3) is 0 Å². The third-order valence-electron chi connectivity index (χ3n) is 6.47. The second-order valence-electron chi connectivity index (χ2n) is 9.03. The van der Waals surface area contributed by atoms with Crippen LogP contribution in [0.2, 0.25) is 0 Å². The number of esters is 1. The van der Waals surface area contributed by atoms with E-state index in [1.165, 1.54) is 30.3 Å². The van der Waals surface area contributed by atoms with Crippen molar-refractivity contribution >= 4 is 27.6 Å². The maximum Gasteiger partial charge on any atom is 0.339 e. The van der Waals surface area contributed by atoms with Crippen LogP contribution in [0.4, 0.5) is 0 Å². The van der Waals surface area contributed by atoms with E-state index in [2.05, 4.69) is 4.98 Å². The van der Waals surface area contributed by atoms with Crippen LogP contribution in [0.3, 0.4) is 0 Å². The molecule has 1 aromatic heterocycles. The normalized spacial score (nSPS) is 17.9. The zero-order valence-corrected chi connectivity index (χ0v) is 21.3. The van der Waals surface area contributed by atoms with Gasteiger partial charge in [0.2, 0.25) is 15.8 Å². The van der Waals surface area contributed by atoms with Gasteiger partial charge in [-0.3, -0.25) is 9.59 Å². The summed E-state index contributed by atoms with van der Waals surface area (Å²) in [5.74, 6) is -1.41. The van der Waals surface area contributed by atoms with Gasteiger partial charge in [0.15, 0.2) is 11.9 Å². The standard InChI is InChI=1S/C25H32N2O6S/c1-14-10-11-20(34(31,32)27-12-8-7-9-15(27)2)13-21(14)25(30)33-19(6)24(29)23-16(3)22(18(5)28)17(4)26-23/h10-11,13,15,19,26H,7-9,12H2,1-6H3. The quantitative estimate of drug-likeness (QED) is 0.463. The summed E-state index contributed by atoms with van der Waals surface area (Å²) in [6.45, 7) is 10.3. The zero-order valence-electron chi connectivity index (χ0n) is 20.5. The number of piperidine rings is 1. The molecule has 9 heteroatoms. The van der Waals surface area contributed by atoms with Crippen LogP contribution in [0.25, 0.3) is 0 Å². The fraction of sp³-hybridized carbons (Fsp3) is 0.480. The number of hydrogen-bond donors (Lipinski definition) is 1. The number of rotatable bonds is 7. The van der Waals surface area contributed by atoms with Crippen LogP contribution in [0, 0.1) is 20.8 Å². The van der Waals surface area contributed by atoms with Crippen LogP contribution in [0.1, 0.15) is 88.1 Å². The van der Waals surface area contributed by atoms with E-state index in [9.17, 15) is 22.8 Å². The molecule has 2 heterocycles. The van der Waals surface area contributed by atoms with Crippen LogP contribution in [0.5, 0.6) is 0 Å². The molecule has 2 atom stereocenters. The number of ketones is 2. The first-order valence-corrected chi connectivity index (χ1v) is 12.9. The van der Waals surface area contributed by atoms with Crippen molar-refractivity contribution in [2.24, 2.45) is 0 Å². The predicted octanol–water partition coefficient (Wildman–Crippen LogP) is 4.13. The van der Waals surface area contributed by atoms with Gasteiger partial charge in [0.05, 0.1) is 16.2 Å². The Morgan fingerprint density at radius 2 is 1.82 bits per heavy atom. The minimum absolute atomic E-state index is 0.0275. The third kappa shape index (κ3) is 4.86. The summed E-state index contributed by atoms with van der Waals surface area (Å²) < 4.78 is 33.3. The van der Waals surface area contributed by atoms with Gasteiger partial charge in [-0.05, 0) is 77.6 Å². The van der Waals surface area contributed by atoms with Crippen molar-refractivity contribution in [1.29, 1.82) is 0 Å². The lowest BCUT2D eigenvalue weighted by Gasteiger charge is -2.32. The number of hydrogen-bond acceptors (Lipinski definition) is 6. The average molecular weight is 489 g/mol. The number of nitrogens with one attached hydrogen (secondary N) is 1. The summed E-state index contributed by atoms with van der Waals surface area (Å²) in [5.41, 5.74) is 2.39. The van der Waals surface area contributed by atoms with Crippen molar-refractivity contribution in [2.45, 2.75) is 77.8 Å². The number of benzene rings is 1. The number of aromatic amines is 1. The van der Waals surface area contributed by atoms with E-state index in [-0.39, 0.29) is 28.0 Å². The van der Waals surface area contributed by atoms with E-state index in [4.69, 9.17) is 4.74 Å². The Morgan fingerprint density at radius 1 is 1.15 bits per heavy atom. The van der Waals surface area contributed by atoms with Gasteiger partial charge in [-0.25, -0.2) is 13.2 Å². The van der Waals surface area contributed by atoms with Gasteiger partial charge in [-0.1, -0.05) is 12.5 Å². The zero-order chi connectivity index (χ0) is 25.4. The van der Waals surface area contributed by atoms with E-state index < -0.39 is 27.9 Å². The molecule has 1 aliphatic heterocycles. The average Bonchev–Trinajstić information content (AvgIpc) is 3.07. The number of ether oxygens (including phenoxy) is 1. The van der Waals surface area contributed by atoms with Crippen LogP contribution in [0.15, 0.2) is 23.1 Å². The van der Waals surface area contributed by atoms with E-state index in [1.54, 1.807) is 26.8 Å². The minimum atomic E-state index is -3.77. The minimum Gasteiger partial charge on any atom is -0.451 e. The molecular weight excluding hydrogens is 456 g/mol. The van der Waals surface area contributed by atoms with Crippen LogP contribution < -0.4 is 0 Å². The highest BCUT2D eigenvalue weighted by Crippen LogP contribution is 2.27.